The summed E-state index contributed by atoms with van der Waals surface area (Å²) in [6, 6.07) is 19.5. The predicted octanol–water partition coefficient (Wildman–Crippen LogP) is 4.54. The van der Waals surface area contributed by atoms with Crippen LogP contribution in [0.3, 0.4) is 0 Å². The van der Waals surface area contributed by atoms with Gasteiger partial charge in [-0.05, 0) is 50.0 Å². The zero-order valence-corrected chi connectivity index (χ0v) is 18.2. The zero-order valence-electron chi connectivity index (χ0n) is 17.3. The average Bonchev–Trinajstić information content (AvgIpc) is 3.13. The van der Waals surface area contributed by atoms with E-state index in [-0.39, 0.29) is 18.3 Å². The third-order valence-electron chi connectivity index (χ3n) is 5.03. The lowest BCUT2D eigenvalue weighted by Gasteiger charge is -2.26. The summed E-state index contributed by atoms with van der Waals surface area (Å²) in [5.41, 5.74) is 2.86. The van der Waals surface area contributed by atoms with Crippen LogP contribution in [0.25, 0.3) is 0 Å². The molecule has 158 valence electrons. The maximum atomic E-state index is 12.9. The summed E-state index contributed by atoms with van der Waals surface area (Å²) < 4.78 is 11.7. The van der Waals surface area contributed by atoms with Crippen LogP contribution in [-0.4, -0.2) is 36.3 Å². The highest BCUT2D eigenvalue weighted by Gasteiger charge is 2.25. The van der Waals surface area contributed by atoms with Crippen LogP contribution in [0.2, 0.25) is 0 Å². The van der Waals surface area contributed by atoms with Gasteiger partial charge in [-0.3, -0.25) is 4.79 Å². The number of halogens is 1. The monoisotopic (exact) mass is 426 g/mol. The normalized spacial score (nSPS) is 13.0. The number of nitrogens with zero attached hydrogens (tertiary/aromatic N) is 2. The molecule has 1 aliphatic rings. The maximum Gasteiger partial charge on any atom is 0.254 e. The molecule has 1 aliphatic heterocycles. The van der Waals surface area contributed by atoms with Gasteiger partial charge < -0.3 is 19.0 Å². The number of hydrogen-bond acceptors (Lipinski definition) is 4. The molecule has 0 fully saturated rings. The van der Waals surface area contributed by atoms with E-state index in [0.29, 0.717) is 25.3 Å². The predicted molar refractivity (Wildman–Crippen MR) is 119 cm³/mol. The van der Waals surface area contributed by atoms with Gasteiger partial charge >= 0.3 is 0 Å². The first kappa shape index (κ1) is 21.9. The van der Waals surface area contributed by atoms with Crippen LogP contribution in [0.5, 0.6) is 5.75 Å². The summed E-state index contributed by atoms with van der Waals surface area (Å²) in [7, 11) is 4.04. The molecule has 0 unspecified atom stereocenters. The highest BCUT2D eigenvalue weighted by atomic mass is 35.5. The Labute approximate surface area is 183 Å². The Kier molecular flexibility index (Phi) is 7.19. The topological polar surface area (TPSA) is 45.9 Å². The molecule has 1 amide bonds. The molecular weight excluding hydrogens is 400 g/mol. The fraction of sp³-hybridized carbons (Fsp3) is 0.292. The molecule has 2 aromatic carbocycles. The third-order valence-corrected chi connectivity index (χ3v) is 5.03. The molecule has 0 saturated carbocycles. The van der Waals surface area contributed by atoms with Crippen molar-refractivity contribution in [3.05, 3.63) is 88.9 Å². The van der Waals surface area contributed by atoms with Crippen LogP contribution in [0.1, 0.15) is 33.0 Å². The summed E-state index contributed by atoms with van der Waals surface area (Å²) in [5, 5.41) is 0. The Morgan fingerprint density at radius 3 is 2.53 bits per heavy atom. The molecule has 3 aromatic rings. The van der Waals surface area contributed by atoms with Crippen molar-refractivity contribution in [2.75, 3.05) is 20.6 Å². The minimum Gasteiger partial charge on any atom is -0.489 e. The number of carbonyl (C=O) groups is 1. The van der Waals surface area contributed by atoms with E-state index in [0.717, 1.165) is 41.4 Å². The number of para-hydroxylation sites is 1. The van der Waals surface area contributed by atoms with Gasteiger partial charge in [0.2, 0.25) is 0 Å². The van der Waals surface area contributed by atoms with E-state index >= 15 is 0 Å². The lowest BCUT2D eigenvalue weighted by atomic mass is 10.1. The third kappa shape index (κ3) is 5.23. The second-order valence-corrected chi connectivity index (χ2v) is 7.67. The number of benzene rings is 2. The molecule has 5 nitrogen and oxygen atoms in total. The van der Waals surface area contributed by atoms with E-state index in [1.807, 2.05) is 73.6 Å². The smallest absolute Gasteiger partial charge is 0.254 e. The Balaban J connectivity index is 0.00000256. The fourth-order valence-corrected chi connectivity index (χ4v) is 3.57. The van der Waals surface area contributed by atoms with Gasteiger partial charge in [-0.15, -0.1) is 12.4 Å². The molecule has 2 heterocycles. The van der Waals surface area contributed by atoms with Crippen molar-refractivity contribution in [3.8, 4) is 5.75 Å². The number of rotatable bonds is 6. The van der Waals surface area contributed by atoms with E-state index in [4.69, 9.17) is 9.15 Å². The minimum atomic E-state index is 0. The van der Waals surface area contributed by atoms with Crippen molar-refractivity contribution in [3.63, 3.8) is 0 Å². The van der Waals surface area contributed by atoms with Crippen molar-refractivity contribution < 1.29 is 13.9 Å². The first-order chi connectivity index (χ1) is 14.1. The van der Waals surface area contributed by atoms with E-state index in [1.165, 1.54) is 0 Å². The lowest BCUT2D eigenvalue weighted by Crippen LogP contribution is -2.35. The molecule has 0 bridgehead atoms. The Morgan fingerprint density at radius 2 is 1.83 bits per heavy atom. The molecular formula is C24H27ClN2O3. The van der Waals surface area contributed by atoms with E-state index in [9.17, 15) is 4.79 Å². The molecule has 1 aromatic heterocycles. The maximum absolute atomic E-state index is 12.9. The number of fused-ring (bicyclic) bond motifs is 1. The lowest BCUT2D eigenvalue weighted by molar-refractivity contribution is 0.0729. The summed E-state index contributed by atoms with van der Waals surface area (Å²) >= 11 is 0. The number of hydrogen-bond donors (Lipinski definition) is 0. The number of amides is 1. The van der Waals surface area contributed by atoms with Gasteiger partial charge in [0.15, 0.2) is 0 Å². The molecule has 4 rings (SSSR count). The van der Waals surface area contributed by atoms with Crippen LogP contribution in [0.15, 0.2) is 65.1 Å². The summed E-state index contributed by atoms with van der Waals surface area (Å²) in [6.07, 6.45) is 0.761. The van der Waals surface area contributed by atoms with E-state index in [2.05, 4.69) is 11.0 Å². The largest absolute Gasteiger partial charge is 0.489 e. The molecule has 30 heavy (non-hydrogen) atoms. The standard InChI is InChI=1S/C24H26N2O3.ClH/c1-25(2)16-22-14-20-15-26(13-12-23(20)29-22)24(27)19-10-8-18(9-11-19)17-28-21-6-4-3-5-7-21;/h3-11,14H,12-13,15-17H2,1-2H3;1H. The Morgan fingerprint density at radius 1 is 1.10 bits per heavy atom. The fourth-order valence-electron chi connectivity index (χ4n) is 3.57. The zero-order chi connectivity index (χ0) is 20.2. The summed E-state index contributed by atoms with van der Waals surface area (Å²) in [5.74, 6) is 2.86. The Hall–Kier alpha value is -2.76. The average molecular weight is 427 g/mol. The van der Waals surface area contributed by atoms with Gasteiger partial charge in [0.25, 0.3) is 5.91 Å². The first-order valence-electron chi connectivity index (χ1n) is 9.90. The van der Waals surface area contributed by atoms with Gasteiger partial charge in [0, 0.05) is 30.6 Å². The van der Waals surface area contributed by atoms with Crippen LogP contribution in [0, 0.1) is 0 Å². The number of ether oxygens (including phenoxy) is 1. The van der Waals surface area contributed by atoms with Gasteiger partial charge in [-0.2, -0.15) is 0 Å². The van der Waals surface area contributed by atoms with Gasteiger partial charge in [0.1, 0.15) is 23.9 Å². The van der Waals surface area contributed by atoms with Crippen molar-refractivity contribution in [2.24, 2.45) is 0 Å². The minimum absolute atomic E-state index is 0. The first-order valence-corrected chi connectivity index (χ1v) is 9.90. The van der Waals surface area contributed by atoms with E-state index in [1.54, 1.807) is 0 Å². The van der Waals surface area contributed by atoms with Gasteiger partial charge in [-0.25, -0.2) is 0 Å². The van der Waals surface area contributed by atoms with Crippen LogP contribution < -0.4 is 4.74 Å². The second-order valence-electron chi connectivity index (χ2n) is 7.67. The Bertz CT molecular complexity index is 968. The van der Waals surface area contributed by atoms with Crippen molar-refractivity contribution >= 4 is 18.3 Å². The molecule has 0 spiro atoms. The SMILES string of the molecule is CN(C)Cc1cc2c(o1)CCN(C(=O)c1ccc(COc3ccccc3)cc1)C2.Cl. The van der Waals surface area contributed by atoms with Gasteiger partial charge in [0.05, 0.1) is 6.54 Å². The molecule has 0 aliphatic carbocycles. The van der Waals surface area contributed by atoms with Crippen molar-refractivity contribution in [1.82, 2.24) is 9.80 Å². The number of carbonyl (C=O) groups excluding carboxylic acids is 1. The van der Waals surface area contributed by atoms with Crippen LogP contribution in [-0.2, 0) is 26.1 Å². The van der Waals surface area contributed by atoms with E-state index < -0.39 is 0 Å². The van der Waals surface area contributed by atoms with Crippen LogP contribution >= 0.6 is 12.4 Å². The molecule has 0 saturated heterocycles. The molecule has 0 atom stereocenters. The molecule has 0 radical (unpaired) electrons. The number of furan rings is 1. The van der Waals surface area contributed by atoms with Crippen LogP contribution in [0.4, 0.5) is 0 Å². The molecule has 6 heteroatoms. The van der Waals surface area contributed by atoms with Crippen molar-refractivity contribution in [1.29, 1.82) is 0 Å². The highest BCUT2D eigenvalue weighted by molar-refractivity contribution is 5.94. The second kappa shape index (κ2) is 9.83. The highest BCUT2D eigenvalue weighted by Crippen LogP contribution is 2.25. The van der Waals surface area contributed by atoms with Gasteiger partial charge in [-0.1, -0.05) is 30.3 Å². The molecule has 0 N–H and O–H groups in total. The quantitative estimate of drug-likeness (QED) is 0.580. The summed E-state index contributed by atoms with van der Waals surface area (Å²) in [4.78, 5) is 16.9. The van der Waals surface area contributed by atoms with Crippen molar-refractivity contribution in [2.45, 2.75) is 26.1 Å². The summed E-state index contributed by atoms with van der Waals surface area (Å²) in [6.45, 7) is 2.53.